The van der Waals surface area contributed by atoms with E-state index in [4.69, 9.17) is 15.9 Å². The van der Waals surface area contributed by atoms with Gasteiger partial charge < -0.3 is 15.9 Å². The smallest absolute Gasteiger partial charge is 0.341 e. The first-order valence-electron chi connectivity index (χ1n) is 3.60. The maximum Gasteiger partial charge on any atom is 0.341 e. The molecule has 4 N–H and O–H groups in total. The molecule has 0 saturated heterocycles. The second-order valence-corrected chi connectivity index (χ2v) is 2.43. The topological polar surface area (TPSA) is 83.5 Å². The van der Waals surface area contributed by atoms with Crippen LogP contribution in [-0.2, 0) is 4.79 Å². The van der Waals surface area contributed by atoms with Crippen LogP contribution in [0.15, 0.2) is 36.2 Å². The average molecular weight is 179 g/mol. The Kier molecular flexibility index (Phi) is 2.54. The van der Waals surface area contributed by atoms with Gasteiger partial charge in [0.25, 0.3) is 0 Å². The van der Waals surface area contributed by atoms with Gasteiger partial charge in [-0.2, -0.15) is 0 Å². The summed E-state index contributed by atoms with van der Waals surface area (Å²) in [6.45, 7) is 0. The Hall–Kier alpha value is -1.97. The molecule has 1 aromatic carbocycles. The van der Waals surface area contributed by atoms with Gasteiger partial charge in [0, 0.05) is 0 Å². The Labute approximate surface area is 74.9 Å². The van der Waals surface area contributed by atoms with Crippen LogP contribution in [0.3, 0.4) is 0 Å². The van der Waals surface area contributed by atoms with Crippen LogP contribution in [0.5, 0.6) is 0 Å². The van der Waals surface area contributed by atoms with Crippen molar-refractivity contribution in [3.63, 3.8) is 0 Å². The molecule has 0 amide bonds. The average Bonchev–Trinajstić information content (AvgIpc) is 2.04. The molecule has 0 fully saturated rings. The minimum Gasteiger partial charge on any atom is -0.494 e. The standard InChI is InChI=1S/C9H9NO3/c10-8(11)7(9(12)13)6-4-2-1-3-5-6/h1-5,11H,10H2,(H,12,13). The van der Waals surface area contributed by atoms with Crippen LogP contribution in [0.4, 0.5) is 0 Å². The Morgan fingerprint density at radius 2 is 1.69 bits per heavy atom. The third-order valence-electron chi connectivity index (χ3n) is 1.53. The molecule has 4 nitrogen and oxygen atoms in total. The summed E-state index contributed by atoms with van der Waals surface area (Å²) in [5, 5.41) is 17.6. The Bertz CT molecular complexity index is 339. The molecule has 13 heavy (non-hydrogen) atoms. The summed E-state index contributed by atoms with van der Waals surface area (Å²) >= 11 is 0. The molecular weight excluding hydrogens is 170 g/mol. The highest BCUT2D eigenvalue weighted by molar-refractivity contribution is 6.15. The highest BCUT2D eigenvalue weighted by Crippen LogP contribution is 2.14. The van der Waals surface area contributed by atoms with Crippen LogP contribution in [0, 0.1) is 0 Å². The van der Waals surface area contributed by atoms with E-state index in [1.54, 1.807) is 30.3 Å². The van der Waals surface area contributed by atoms with E-state index in [2.05, 4.69) is 0 Å². The molecule has 1 aromatic rings. The van der Waals surface area contributed by atoms with Gasteiger partial charge >= 0.3 is 5.97 Å². The summed E-state index contributed by atoms with van der Waals surface area (Å²) < 4.78 is 0. The zero-order valence-electron chi connectivity index (χ0n) is 6.77. The highest BCUT2D eigenvalue weighted by atomic mass is 16.4. The number of carboxylic acid groups (broad SMARTS) is 1. The van der Waals surface area contributed by atoms with E-state index in [0.717, 1.165) is 0 Å². The molecule has 0 atom stereocenters. The molecule has 0 aliphatic rings. The van der Waals surface area contributed by atoms with Crippen molar-refractivity contribution in [1.29, 1.82) is 0 Å². The van der Waals surface area contributed by atoms with E-state index in [1.165, 1.54) is 0 Å². The van der Waals surface area contributed by atoms with Crippen molar-refractivity contribution in [1.82, 2.24) is 0 Å². The maximum atomic E-state index is 10.6. The number of hydrogen-bond donors (Lipinski definition) is 3. The van der Waals surface area contributed by atoms with E-state index >= 15 is 0 Å². The molecule has 0 heterocycles. The lowest BCUT2D eigenvalue weighted by Gasteiger charge is -2.02. The predicted molar refractivity (Wildman–Crippen MR) is 47.8 cm³/mol. The van der Waals surface area contributed by atoms with E-state index in [0.29, 0.717) is 5.56 Å². The van der Waals surface area contributed by atoms with Gasteiger partial charge in [0.1, 0.15) is 5.57 Å². The number of benzene rings is 1. The van der Waals surface area contributed by atoms with E-state index < -0.39 is 11.9 Å². The lowest BCUT2D eigenvalue weighted by molar-refractivity contribution is -0.130. The van der Waals surface area contributed by atoms with Crippen LogP contribution in [0.1, 0.15) is 5.56 Å². The van der Waals surface area contributed by atoms with Gasteiger partial charge in [-0.3, -0.25) is 0 Å². The maximum absolute atomic E-state index is 10.6. The second kappa shape index (κ2) is 3.62. The fourth-order valence-corrected chi connectivity index (χ4v) is 0.986. The SMILES string of the molecule is NC(O)=C(C(=O)O)c1ccccc1. The first kappa shape index (κ1) is 9.12. The van der Waals surface area contributed by atoms with Crippen molar-refractivity contribution >= 4 is 11.5 Å². The quantitative estimate of drug-likeness (QED) is 0.466. The van der Waals surface area contributed by atoms with Gasteiger partial charge in [-0.15, -0.1) is 0 Å². The molecule has 0 unspecified atom stereocenters. The van der Waals surface area contributed by atoms with E-state index in [9.17, 15) is 4.79 Å². The summed E-state index contributed by atoms with van der Waals surface area (Å²) in [5.41, 5.74) is 5.13. The first-order valence-corrected chi connectivity index (χ1v) is 3.60. The molecule has 0 bridgehead atoms. The number of hydrogen-bond acceptors (Lipinski definition) is 3. The summed E-state index contributed by atoms with van der Waals surface area (Å²) in [4.78, 5) is 10.6. The number of carboxylic acids is 1. The third-order valence-corrected chi connectivity index (χ3v) is 1.53. The fraction of sp³-hybridized carbons (Fsp3) is 0. The van der Waals surface area contributed by atoms with E-state index in [1.807, 2.05) is 0 Å². The summed E-state index contributed by atoms with van der Waals surface area (Å²) in [6.07, 6.45) is 0. The zero-order chi connectivity index (χ0) is 9.84. The molecule has 1 rings (SSSR count). The van der Waals surface area contributed by atoms with Crippen molar-refractivity contribution in [2.45, 2.75) is 0 Å². The Morgan fingerprint density at radius 1 is 1.15 bits per heavy atom. The summed E-state index contributed by atoms with van der Waals surface area (Å²) in [7, 11) is 0. The van der Waals surface area contributed by atoms with Crippen LogP contribution in [-0.4, -0.2) is 16.2 Å². The van der Waals surface area contributed by atoms with Crippen LogP contribution in [0.25, 0.3) is 5.57 Å². The molecule has 0 aliphatic heterocycles. The van der Waals surface area contributed by atoms with Crippen molar-refractivity contribution in [3.8, 4) is 0 Å². The monoisotopic (exact) mass is 179 g/mol. The van der Waals surface area contributed by atoms with Crippen molar-refractivity contribution in [2.75, 3.05) is 0 Å². The number of nitrogens with two attached hydrogens (primary N) is 1. The first-order chi connectivity index (χ1) is 6.13. The largest absolute Gasteiger partial charge is 0.494 e. The van der Waals surface area contributed by atoms with Crippen LogP contribution in [0.2, 0.25) is 0 Å². The van der Waals surface area contributed by atoms with Crippen molar-refractivity contribution in [2.24, 2.45) is 5.73 Å². The molecule has 0 aromatic heterocycles. The number of carbonyl (C=O) groups is 1. The van der Waals surface area contributed by atoms with Gasteiger partial charge in [-0.25, -0.2) is 4.79 Å². The number of aliphatic carboxylic acids is 1. The second-order valence-electron chi connectivity index (χ2n) is 2.43. The Balaban J connectivity index is 3.20. The number of aliphatic hydroxyl groups excluding tert-OH is 1. The van der Waals surface area contributed by atoms with Gasteiger partial charge in [0.05, 0.1) is 0 Å². The van der Waals surface area contributed by atoms with Crippen LogP contribution >= 0.6 is 0 Å². The minimum absolute atomic E-state index is 0.277. The highest BCUT2D eigenvalue weighted by Gasteiger charge is 2.13. The number of rotatable bonds is 2. The fourth-order valence-electron chi connectivity index (χ4n) is 0.986. The molecule has 0 aliphatic carbocycles. The number of aliphatic hydroxyl groups is 1. The van der Waals surface area contributed by atoms with Gasteiger partial charge in [-0.05, 0) is 5.56 Å². The summed E-state index contributed by atoms with van der Waals surface area (Å²) in [6, 6.07) is 8.21. The third kappa shape index (κ3) is 1.99. The molecular formula is C9H9NO3. The van der Waals surface area contributed by atoms with E-state index in [-0.39, 0.29) is 5.57 Å². The van der Waals surface area contributed by atoms with Gasteiger partial charge in [0.2, 0.25) is 0 Å². The zero-order valence-corrected chi connectivity index (χ0v) is 6.77. The summed E-state index contributed by atoms with van der Waals surface area (Å²) in [5.74, 6) is -1.93. The van der Waals surface area contributed by atoms with Crippen molar-refractivity contribution in [3.05, 3.63) is 41.8 Å². The lowest BCUT2D eigenvalue weighted by Crippen LogP contribution is -2.08. The molecule has 0 saturated carbocycles. The normalized spacial score (nSPS) is 12.0. The minimum atomic E-state index is -1.24. The predicted octanol–water partition coefficient (Wildman–Crippen LogP) is 0.957. The molecule has 0 radical (unpaired) electrons. The van der Waals surface area contributed by atoms with Crippen LogP contribution < -0.4 is 5.73 Å². The van der Waals surface area contributed by atoms with Crippen molar-refractivity contribution < 1.29 is 15.0 Å². The Morgan fingerprint density at radius 3 is 2.08 bits per heavy atom. The lowest BCUT2D eigenvalue weighted by atomic mass is 10.1. The molecule has 0 spiro atoms. The molecule has 4 heteroatoms. The van der Waals surface area contributed by atoms with Gasteiger partial charge in [-0.1, -0.05) is 30.3 Å². The molecule has 68 valence electrons. The van der Waals surface area contributed by atoms with Gasteiger partial charge in [0.15, 0.2) is 5.88 Å².